The van der Waals surface area contributed by atoms with Crippen LogP contribution in [0.2, 0.25) is 0 Å². The van der Waals surface area contributed by atoms with Gasteiger partial charge in [0.05, 0.1) is 5.41 Å². The lowest BCUT2D eigenvalue weighted by Crippen LogP contribution is -2.32. The number of thiophene rings is 1. The normalized spacial score (nSPS) is 13.3. The van der Waals surface area contributed by atoms with Crippen LogP contribution in [-0.2, 0) is 5.41 Å². The van der Waals surface area contributed by atoms with Gasteiger partial charge in [0.1, 0.15) is 11.5 Å². The molecule has 1 aliphatic heterocycles. The van der Waals surface area contributed by atoms with Crippen LogP contribution in [0.5, 0.6) is 11.5 Å². The summed E-state index contributed by atoms with van der Waals surface area (Å²) in [6.45, 7) is 0. The van der Waals surface area contributed by atoms with Crippen molar-refractivity contribution in [2.45, 2.75) is 5.41 Å². The Kier molecular flexibility index (Phi) is 6.37. The number of nitrogens with zero attached hydrogens (tertiary/aromatic N) is 1. The summed E-state index contributed by atoms with van der Waals surface area (Å²) in [7, 11) is 0. The summed E-state index contributed by atoms with van der Waals surface area (Å²) in [5.41, 5.74) is 12.9. The van der Waals surface area contributed by atoms with Crippen molar-refractivity contribution in [3.05, 3.63) is 210 Å². The van der Waals surface area contributed by atoms with Crippen LogP contribution < -0.4 is 9.64 Å². The van der Waals surface area contributed by atoms with E-state index in [1.807, 2.05) is 11.3 Å². The molecule has 11 rings (SSSR count). The maximum atomic E-state index is 6.57. The maximum Gasteiger partial charge on any atom is 0.132 e. The molecule has 1 spiro atoms. The first kappa shape index (κ1) is 29.3. The summed E-state index contributed by atoms with van der Waals surface area (Å²) in [6, 6.07) is 68.2. The van der Waals surface area contributed by atoms with Gasteiger partial charge in [0.15, 0.2) is 0 Å². The third-order valence-corrected chi connectivity index (χ3v) is 12.1. The van der Waals surface area contributed by atoms with E-state index in [0.29, 0.717) is 0 Å². The summed E-state index contributed by atoms with van der Waals surface area (Å²) < 4.78 is 9.14. The fourth-order valence-electron chi connectivity index (χ4n) is 8.71. The van der Waals surface area contributed by atoms with E-state index in [-0.39, 0.29) is 0 Å². The van der Waals surface area contributed by atoms with E-state index in [1.54, 1.807) is 0 Å². The van der Waals surface area contributed by atoms with Crippen LogP contribution >= 0.6 is 11.3 Å². The number of hydrogen-bond acceptors (Lipinski definition) is 3. The number of para-hydroxylation sites is 3. The molecule has 1 aromatic heterocycles. The third-order valence-electron chi connectivity index (χ3n) is 10.9. The van der Waals surface area contributed by atoms with Gasteiger partial charge in [-0.15, -0.1) is 11.3 Å². The standard InChI is InChI=1S/C49H31NOS/c1-3-13-32(14-4-1)33-23-25-35(26-24-33)50(34-15-5-2-6-16-34)36-27-28-47-39(29-36)40-30-38-37-17-7-8-18-41(37)49(44(38)31-48(40)52-47)42-19-9-11-21-45(42)51-46-22-12-10-20-43(46)49/h1-31H. The molecule has 52 heavy (non-hydrogen) atoms. The van der Waals surface area contributed by atoms with Crippen LogP contribution in [0.25, 0.3) is 42.4 Å². The van der Waals surface area contributed by atoms with E-state index in [1.165, 1.54) is 64.7 Å². The number of fused-ring (bicyclic) bond motifs is 12. The van der Waals surface area contributed by atoms with E-state index in [9.17, 15) is 0 Å². The smallest absolute Gasteiger partial charge is 0.132 e. The number of ether oxygens (including phenoxy) is 1. The molecule has 2 aliphatic rings. The molecule has 0 fully saturated rings. The van der Waals surface area contributed by atoms with Crippen LogP contribution in [0.1, 0.15) is 22.3 Å². The summed E-state index contributed by atoms with van der Waals surface area (Å²) in [4.78, 5) is 2.37. The molecule has 0 radical (unpaired) electrons. The van der Waals surface area contributed by atoms with Crippen LogP contribution in [-0.4, -0.2) is 0 Å². The molecular formula is C49H31NOS. The zero-order chi connectivity index (χ0) is 34.2. The van der Waals surface area contributed by atoms with Crippen LogP contribution in [0.3, 0.4) is 0 Å². The van der Waals surface area contributed by atoms with Crippen molar-refractivity contribution < 1.29 is 4.74 Å². The molecule has 0 saturated heterocycles. The first-order valence-corrected chi connectivity index (χ1v) is 18.6. The van der Waals surface area contributed by atoms with Crippen LogP contribution in [0.15, 0.2) is 188 Å². The van der Waals surface area contributed by atoms with E-state index >= 15 is 0 Å². The van der Waals surface area contributed by atoms with Gasteiger partial charge in [0.2, 0.25) is 0 Å². The average molecular weight is 682 g/mol. The molecule has 0 N–H and O–H groups in total. The first-order valence-electron chi connectivity index (χ1n) is 17.8. The number of benzene rings is 8. The number of anilines is 3. The Balaban J connectivity index is 1.12. The molecule has 2 heterocycles. The molecule has 1 aliphatic carbocycles. The highest BCUT2D eigenvalue weighted by Gasteiger charge is 2.51. The minimum atomic E-state index is -0.469. The molecule has 3 heteroatoms. The molecule has 0 atom stereocenters. The van der Waals surface area contributed by atoms with Crippen LogP contribution in [0.4, 0.5) is 17.1 Å². The SMILES string of the molecule is c1ccc(-c2ccc(N(c3ccccc3)c3ccc4sc5cc6c(cc5c4c3)-c3ccccc3C63c4ccccc4Oc4ccccc43)cc2)cc1. The molecule has 0 amide bonds. The Morgan fingerprint density at radius 2 is 0.942 bits per heavy atom. The lowest BCUT2D eigenvalue weighted by Gasteiger charge is -2.39. The van der Waals surface area contributed by atoms with E-state index < -0.39 is 5.41 Å². The Labute approximate surface area is 306 Å². The monoisotopic (exact) mass is 681 g/mol. The fraction of sp³-hybridized carbons (Fsp3) is 0.0204. The van der Waals surface area contributed by atoms with Crippen LogP contribution in [0, 0.1) is 0 Å². The highest BCUT2D eigenvalue weighted by molar-refractivity contribution is 7.25. The van der Waals surface area contributed by atoms with Gasteiger partial charge in [0.25, 0.3) is 0 Å². The van der Waals surface area contributed by atoms with Gasteiger partial charge in [-0.3, -0.25) is 0 Å². The topological polar surface area (TPSA) is 12.5 Å². The van der Waals surface area contributed by atoms with E-state index in [0.717, 1.165) is 28.6 Å². The lowest BCUT2D eigenvalue weighted by atomic mass is 9.66. The molecular weight excluding hydrogens is 651 g/mol. The van der Waals surface area contributed by atoms with Crippen molar-refractivity contribution in [1.82, 2.24) is 0 Å². The molecule has 2 nitrogen and oxygen atoms in total. The van der Waals surface area contributed by atoms with Crippen molar-refractivity contribution in [2.24, 2.45) is 0 Å². The van der Waals surface area contributed by atoms with Gasteiger partial charge in [-0.25, -0.2) is 0 Å². The second-order valence-corrected chi connectivity index (χ2v) is 14.7. The quantitative estimate of drug-likeness (QED) is 0.183. The third kappa shape index (κ3) is 4.17. The Morgan fingerprint density at radius 3 is 1.67 bits per heavy atom. The maximum absolute atomic E-state index is 6.57. The Bertz CT molecular complexity index is 2770. The molecule has 8 aromatic carbocycles. The van der Waals surface area contributed by atoms with Crippen molar-refractivity contribution in [2.75, 3.05) is 4.90 Å². The predicted octanol–water partition coefficient (Wildman–Crippen LogP) is 13.7. The van der Waals surface area contributed by atoms with E-state index in [4.69, 9.17) is 4.74 Å². The summed E-state index contributed by atoms with van der Waals surface area (Å²) in [5, 5.41) is 2.56. The number of rotatable bonds is 4. The highest BCUT2D eigenvalue weighted by atomic mass is 32.1. The molecule has 0 saturated carbocycles. The first-order chi connectivity index (χ1) is 25.8. The predicted molar refractivity (Wildman–Crippen MR) is 217 cm³/mol. The second-order valence-electron chi connectivity index (χ2n) is 13.7. The molecule has 0 unspecified atom stereocenters. The van der Waals surface area contributed by atoms with Gasteiger partial charge >= 0.3 is 0 Å². The Hall–Kier alpha value is -6.42. The molecule has 244 valence electrons. The summed E-state index contributed by atoms with van der Waals surface area (Å²) in [6.07, 6.45) is 0. The van der Waals surface area contributed by atoms with Gasteiger partial charge in [-0.1, -0.05) is 121 Å². The van der Waals surface area contributed by atoms with Gasteiger partial charge < -0.3 is 9.64 Å². The fourth-order valence-corrected chi connectivity index (χ4v) is 9.81. The highest BCUT2D eigenvalue weighted by Crippen LogP contribution is 2.63. The second kappa shape index (κ2) is 11.3. The zero-order valence-electron chi connectivity index (χ0n) is 28.2. The van der Waals surface area contributed by atoms with Crippen molar-refractivity contribution in [3.63, 3.8) is 0 Å². The van der Waals surface area contributed by atoms with Gasteiger partial charge in [0, 0.05) is 48.4 Å². The zero-order valence-corrected chi connectivity index (χ0v) is 29.0. The largest absolute Gasteiger partial charge is 0.457 e. The van der Waals surface area contributed by atoms with E-state index in [2.05, 4.69) is 193 Å². The van der Waals surface area contributed by atoms with Gasteiger partial charge in [-0.05, 0) is 100 Å². The average Bonchev–Trinajstić information content (AvgIpc) is 3.71. The molecule has 9 aromatic rings. The molecule has 0 bridgehead atoms. The van der Waals surface area contributed by atoms with Crippen molar-refractivity contribution >= 4 is 48.6 Å². The Morgan fingerprint density at radius 1 is 0.385 bits per heavy atom. The van der Waals surface area contributed by atoms with Gasteiger partial charge in [-0.2, -0.15) is 0 Å². The van der Waals surface area contributed by atoms with Crippen molar-refractivity contribution in [3.8, 4) is 33.8 Å². The summed E-state index contributed by atoms with van der Waals surface area (Å²) in [5.74, 6) is 1.84. The summed E-state index contributed by atoms with van der Waals surface area (Å²) >= 11 is 1.88. The van der Waals surface area contributed by atoms with Crippen molar-refractivity contribution in [1.29, 1.82) is 0 Å². The lowest BCUT2D eigenvalue weighted by molar-refractivity contribution is 0.436. The number of hydrogen-bond donors (Lipinski definition) is 0. The minimum absolute atomic E-state index is 0.469. The minimum Gasteiger partial charge on any atom is -0.457 e.